The highest BCUT2D eigenvalue weighted by Gasteiger charge is 2.17. The molecule has 0 saturated heterocycles. The van der Waals surface area contributed by atoms with Crippen molar-refractivity contribution in [3.63, 3.8) is 0 Å². The Morgan fingerprint density at radius 1 is 0.857 bits per heavy atom. The second kappa shape index (κ2) is 11.5. The van der Waals surface area contributed by atoms with E-state index in [4.69, 9.17) is 0 Å². The summed E-state index contributed by atoms with van der Waals surface area (Å²) in [5, 5.41) is 0. The van der Waals surface area contributed by atoms with Gasteiger partial charge in [-0.2, -0.15) is 0 Å². The van der Waals surface area contributed by atoms with E-state index in [1.165, 1.54) is 50.5 Å². The van der Waals surface area contributed by atoms with Crippen LogP contribution in [0.15, 0.2) is 30.3 Å². The number of benzene rings is 1. The molecule has 0 fully saturated rings. The first-order chi connectivity index (χ1) is 10.3. The van der Waals surface area contributed by atoms with Gasteiger partial charge < -0.3 is 0 Å². The monoisotopic (exact) mass is 288 g/mol. The first-order valence-electron chi connectivity index (χ1n) is 8.87. The Morgan fingerprint density at radius 3 is 2.00 bits per heavy atom. The van der Waals surface area contributed by atoms with Crippen molar-refractivity contribution < 1.29 is 4.79 Å². The molecule has 1 heteroatoms. The largest absolute Gasteiger partial charge is 0.299 e. The van der Waals surface area contributed by atoms with Gasteiger partial charge in [-0.15, -0.1) is 0 Å². The minimum absolute atomic E-state index is 0.107. The maximum Gasteiger partial charge on any atom is 0.140 e. The average Bonchev–Trinajstić information content (AvgIpc) is 2.52. The summed E-state index contributed by atoms with van der Waals surface area (Å²) in [7, 11) is 0. The number of Topliss-reactive ketones (excluding diaryl/α,β-unsaturated/α-hetero) is 1. The number of hydrogen-bond donors (Lipinski definition) is 0. The Hall–Kier alpha value is -1.11. The van der Waals surface area contributed by atoms with Crippen molar-refractivity contribution in [1.29, 1.82) is 0 Å². The van der Waals surface area contributed by atoms with Gasteiger partial charge in [-0.1, -0.05) is 89.1 Å². The zero-order valence-electron chi connectivity index (χ0n) is 13.9. The summed E-state index contributed by atoms with van der Waals surface area (Å²) in [6.45, 7) is 4.37. The maximum absolute atomic E-state index is 12.3. The van der Waals surface area contributed by atoms with Crippen LogP contribution in [0.3, 0.4) is 0 Å². The highest BCUT2D eigenvalue weighted by atomic mass is 16.1. The molecule has 0 radical (unpaired) electrons. The van der Waals surface area contributed by atoms with Crippen molar-refractivity contribution in [2.45, 2.75) is 84.0 Å². The van der Waals surface area contributed by atoms with E-state index >= 15 is 0 Å². The lowest BCUT2D eigenvalue weighted by Crippen LogP contribution is -2.11. The SMILES string of the molecule is CCCCCCCCCCC(=O)C(CC)c1ccccc1. The van der Waals surface area contributed by atoms with Gasteiger partial charge in [0, 0.05) is 12.3 Å². The third-order valence-electron chi connectivity index (χ3n) is 4.28. The summed E-state index contributed by atoms with van der Waals surface area (Å²) >= 11 is 0. The molecule has 1 aromatic rings. The summed E-state index contributed by atoms with van der Waals surface area (Å²) in [6.07, 6.45) is 12.0. The Balaban J connectivity index is 2.17. The molecule has 1 nitrogen and oxygen atoms in total. The van der Waals surface area contributed by atoms with Crippen LogP contribution < -0.4 is 0 Å². The van der Waals surface area contributed by atoms with Crippen LogP contribution in [-0.2, 0) is 4.79 Å². The molecule has 0 amide bonds. The lowest BCUT2D eigenvalue weighted by Gasteiger charge is -2.14. The van der Waals surface area contributed by atoms with E-state index in [1.807, 2.05) is 18.2 Å². The van der Waals surface area contributed by atoms with Crippen molar-refractivity contribution >= 4 is 5.78 Å². The molecular formula is C20H32O. The third-order valence-corrected chi connectivity index (χ3v) is 4.28. The summed E-state index contributed by atoms with van der Waals surface area (Å²) in [5.41, 5.74) is 1.18. The molecule has 0 heterocycles. The molecule has 1 aromatic carbocycles. The molecule has 0 aliphatic rings. The van der Waals surface area contributed by atoms with Gasteiger partial charge in [0.25, 0.3) is 0 Å². The fraction of sp³-hybridized carbons (Fsp3) is 0.650. The van der Waals surface area contributed by atoms with Crippen LogP contribution >= 0.6 is 0 Å². The molecule has 0 N–H and O–H groups in total. The highest BCUT2D eigenvalue weighted by molar-refractivity contribution is 5.85. The van der Waals surface area contributed by atoms with Crippen molar-refractivity contribution in [1.82, 2.24) is 0 Å². The van der Waals surface area contributed by atoms with E-state index in [0.717, 1.165) is 19.3 Å². The van der Waals surface area contributed by atoms with E-state index in [-0.39, 0.29) is 5.92 Å². The third kappa shape index (κ3) is 7.45. The van der Waals surface area contributed by atoms with Gasteiger partial charge in [-0.25, -0.2) is 0 Å². The van der Waals surface area contributed by atoms with E-state index in [1.54, 1.807) is 0 Å². The molecule has 21 heavy (non-hydrogen) atoms. The number of hydrogen-bond acceptors (Lipinski definition) is 1. The molecule has 0 bridgehead atoms. The number of carbonyl (C=O) groups is 1. The molecule has 0 spiro atoms. The predicted molar refractivity (Wildman–Crippen MR) is 91.7 cm³/mol. The minimum Gasteiger partial charge on any atom is -0.299 e. The first-order valence-corrected chi connectivity index (χ1v) is 8.87. The molecule has 1 unspecified atom stereocenters. The van der Waals surface area contributed by atoms with Gasteiger partial charge in [0.2, 0.25) is 0 Å². The fourth-order valence-electron chi connectivity index (χ4n) is 2.94. The number of rotatable bonds is 12. The van der Waals surface area contributed by atoms with Crippen LogP contribution in [0.4, 0.5) is 0 Å². The molecule has 0 saturated carbocycles. The van der Waals surface area contributed by atoms with Gasteiger partial charge in [0.15, 0.2) is 0 Å². The smallest absolute Gasteiger partial charge is 0.140 e. The lowest BCUT2D eigenvalue weighted by molar-refractivity contribution is -0.120. The molecule has 0 aliphatic carbocycles. The average molecular weight is 288 g/mol. The van der Waals surface area contributed by atoms with Gasteiger partial charge in [-0.3, -0.25) is 4.79 Å². The number of carbonyl (C=O) groups excluding carboxylic acids is 1. The Bertz CT molecular complexity index is 369. The number of ketones is 1. The van der Waals surface area contributed by atoms with Gasteiger partial charge in [-0.05, 0) is 18.4 Å². The topological polar surface area (TPSA) is 17.1 Å². The Labute approximate surface area is 131 Å². The van der Waals surface area contributed by atoms with Gasteiger partial charge >= 0.3 is 0 Å². The zero-order chi connectivity index (χ0) is 15.3. The van der Waals surface area contributed by atoms with Crippen LogP contribution in [-0.4, -0.2) is 5.78 Å². The Kier molecular flexibility index (Phi) is 9.86. The highest BCUT2D eigenvalue weighted by Crippen LogP contribution is 2.23. The molecule has 1 rings (SSSR count). The van der Waals surface area contributed by atoms with Crippen LogP contribution in [0.1, 0.15) is 89.5 Å². The summed E-state index contributed by atoms with van der Waals surface area (Å²) in [4.78, 5) is 12.3. The van der Waals surface area contributed by atoms with Gasteiger partial charge in [0.1, 0.15) is 5.78 Å². The molecule has 1 atom stereocenters. The minimum atomic E-state index is 0.107. The summed E-state index contributed by atoms with van der Waals surface area (Å²) in [6, 6.07) is 10.2. The lowest BCUT2D eigenvalue weighted by atomic mass is 9.89. The van der Waals surface area contributed by atoms with Gasteiger partial charge in [0.05, 0.1) is 0 Å². The predicted octanol–water partition coefficient (Wildman–Crippen LogP) is 6.28. The van der Waals surface area contributed by atoms with E-state index in [2.05, 4.69) is 26.0 Å². The quantitative estimate of drug-likeness (QED) is 0.414. The van der Waals surface area contributed by atoms with Crippen molar-refractivity contribution in [2.75, 3.05) is 0 Å². The second-order valence-electron chi connectivity index (χ2n) is 6.06. The molecular weight excluding hydrogens is 256 g/mol. The molecule has 118 valence electrons. The van der Waals surface area contributed by atoms with Crippen molar-refractivity contribution in [2.24, 2.45) is 0 Å². The molecule has 0 aliphatic heterocycles. The maximum atomic E-state index is 12.3. The van der Waals surface area contributed by atoms with E-state index in [9.17, 15) is 4.79 Å². The van der Waals surface area contributed by atoms with Crippen LogP contribution in [0.2, 0.25) is 0 Å². The molecule has 0 aromatic heterocycles. The number of unbranched alkanes of at least 4 members (excludes halogenated alkanes) is 7. The van der Waals surface area contributed by atoms with E-state index in [0.29, 0.717) is 5.78 Å². The van der Waals surface area contributed by atoms with Crippen LogP contribution in [0, 0.1) is 0 Å². The fourth-order valence-corrected chi connectivity index (χ4v) is 2.94. The Morgan fingerprint density at radius 2 is 1.43 bits per heavy atom. The normalized spacial score (nSPS) is 12.3. The summed E-state index contributed by atoms with van der Waals surface area (Å²) < 4.78 is 0. The van der Waals surface area contributed by atoms with E-state index < -0.39 is 0 Å². The van der Waals surface area contributed by atoms with Crippen molar-refractivity contribution in [3.8, 4) is 0 Å². The van der Waals surface area contributed by atoms with Crippen LogP contribution in [0.25, 0.3) is 0 Å². The second-order valence-corrected chi connectivity index (χ2v) is 6.06. The van der Waals surface area contributed by atoms with Crippen molar-refractivity contribution in [3.05, 3.63) is 35.9 Å². The first kappa shape index (κ1) is 17.9. The standard InChI is InChI=1S/C20H32O/c1-3-5-6-7-8-9-10-14-17-20(21)19(4-2)18-15-12-11-13-16-18/h11-13,15-16,19H,3-10,14,17H2,1-2H3. The zero-order valence-corrected chi connectivity index (χ0v) is 13.9. The van der Waals surface area contributed by atoms with Crippen LogP contribution in [0.5, 0.6) is 0 Å². The summed E-state index contributed by atoms with van der Waals surface area (Å²) in [5.74, 6) is 0.533.